The minimum Gasteiger partial charge on any atom is -0.375 e. The Labute approximate surface area is 131 Å². The van der Waals surface area contributed by atoms with Crippen molar-refractivity contribution in [3.63, 3.8) is 0 Å². The van der Waals surface area contributed by atoms with E-state index < -0.39 is 6.04 Å². The lowest BCUT2D eigenvalue weighted by atomic mass is 9.87. The molecule has 2 atom stereocenters. The monoisotopic (exact) mass is 318 g/mol. The summed E-state index contributed by atoms with van der Waals surface area (Å²) in [6.07, 6.45) is -0.327. The van der Waals surface area contributed by atoms with E-state index in [0.717, 1.165) is 5.56 Å². The molecular weight excluding hydrogens is 295 g/mol. The van der Waals surface area contributed by atoms with Crippen molar-refractivity contribution in [3.8, 4) is 0 Å². The molecule has 0 aliphatic carbocycles. The second-order valence-corrected chi connectivity index (χ2v) is 5.86. The maximum absolute atomic E-state index is 12.9. The summed E-state index contributed by atoms with van der Waals surface area (Å²) in [5, 5.41) is 2.77. The molecule has 4 nitrogen and oxygen atoms in total. The number of hydrogen-bond donors (Lipinski definition) is 2. The van der Waals surface area contributed by atoms with E-state index in [-0.39, 0.29) is 35.7 Å². The molecule has 0 bridgehead atoms. The third-order valence-electron chi connectivity index (χ3n) is 3.20. The van der Waals surface area contributed by atoms with Crippen LogP contribution in [0.3, 0.4) is 0 Å². The summed E-state index contributed by atoms with van der Waals surface area (Å²) in [5.41, 5.74) is 6.38. The predicted octanol–water partition coefficient (Wildman–Crippen LogP) is 2.42. The van der Waals surface area contributed by atoms with Gasteiger partial charge in [0.05, 0.1) is 12.1 Å². The first kappa shape index (κ1) is 19.8. The molecule has 120 valence electrons. The van der Waals surface area contributed by atoms with Gasteiger partial charge in [0.25, 0.3) is 0 Å². The lowest BCUT2D eigenvalue weighted by Crippen LogP contribution is -2.49. The van der Waals surface area contributed by atoms with E-state index in [1.807, 2.05) is 20.8 Å². The summed E-state index contributed by atoms with van der Waals surface area (Å²) in [5.74, 6) is -0.524. The lowest BCUT2D eigenvalue weighted by molar-refractivity contribution is -0.125. The number of rotatable bonds is 5. The van der Waals surface area contributed by atoms with Gasteiger partial charge in [-0.2, -0.15) is 0 Å². The Morgan fingerprint density at radius 1 is 1.33 bits per heavy atom. The predicted molar refractivity (Wildman–Crippen MR) is 83.8 cm³/mol. The zero-order valence-electron chi connectivity index (χ0n) is 12.9. The first-order valence-corrected chi connectivity index (χ1v) is 6.57. The molecule has 0 heterocycles. The molecule has 0 saturated carbocycles. The first-order valence-electron chi connectivity index (χ1n) is 6.57. The first-order chi connectivity index (χ1) is 9.25. The molecule has 6 heteroatoms. The highest BCUT2D eigenvalue weighted by molar-refractivity contribution is 5.85. The molecule has 1 rings (SSSR count). The van der Waals surface area contributed by atoms with Crippen LogP contribution in [0.15, 0.2) is 24.3 Å². The normalized spacial score (nSPS) is 14.0. The molecule has 21 heavy (non-hydrogen) atoms. The highest BCUT2D eigenvalue weighted by Crippen LogP contribution is 2.19. The largest absolute Gasteiger partial charge is 0.375 e. The molecule has 3 N–H and O–H groups in total. The van der Waals surface area contributed by atoms with E-state index >= 15 is 0 Å². The topological polar surface area (TPSA) is 64.3 Å². The maximum atomic E-state index is 12.9. The fraction of sp³-hybridized carbons (Fsp3) is 0.533. The van der Waals surface area contributed by atoms with Gasteiger partial charge in [-0.1, -0.05) is 32.9 Å². The summed E-state index contributed by atoms with van der Waals surface area (Å²) >= 11 is 0. The second kappa shape index (κ2) is 8.32. The Balaban J connectivity index is 0.00000400. The van der Waals surface area contributed by atoms with Crippen molar-refractivity contribution in [3.05, 3.63) is 35.6 Å². The molecule has 0 aromatic heterocycles. The summed E-state index contributed by atoms with van der Waals surface area (Å²) in [7, 11) is 1.55. The third-order valence-corrected chi connectivity index (χ3v) is 3.20. The number of carbonyl (C=O) groups is 1. The molecule has 1 aromatic rings. The van der Waals surface area contributed by atoms with Gasteiger partial charge in [-0.05, 0) is 23.1 Å². The van der Waals surface area contributed by atoms with Crippen molar-refractivity contribution in [1.29, 1.82) is 0 Å². The molecule has 0 fully saturated rings. The fourth-order valence-electron chi connectivity index (χ4n) is 1.71. The minimum atomic E-state index is -0.590. The van der Waals surface area contributed by atoms with Crippen molar-refractivity contribution >= 4 is 18.3 Å². The number of amides is 1. The summed E-state index contributed by atoms with van der Waals surface area (Å²) in [6.45, 7) is 6.02. The minimum absolute atomic E-state index is 0. The molecule has 0 aliphatic heterocycles. The number of hydrogen-bond acceptors (Lipinski definition) is 3. The van der Waals surface area contributed by atoms with E-state index in [1.165, 1.54) is 12.1 Å². The van der Waals surface area contributed by atoms with Crippen LogP contribution in [0, 0.1) is 11.2 Å². The zero-order valence-corrected chi connectivity index (χ0v) is 13.7. The number of methoxy groups -OCH3 is 1. The SMILES string of the molecule is COC(CNC(=O)[C@@H](N)C(C)(C)C)c1ccc(F)cc1.Cl. The molecule has 0 saturated heterocycles. The third kappa shape index (κ3) is 5.99. The van der Waals surface area contributed by atoms with Crippen molar-refractivity contribution in [2.24, 2.45) is 11.1 Å². The van der Waals surface area contributed by atoms with Crippen LogP contribution in [0.2, 0.25) is 0 Å². The van der Waals surface area contributed by atoms with E-state index in [9.17, 15) is 9.18 Å². The number of halogens is 2. The Kier molecular flexibility index (Phi) is 7.85. The van der Waals surface area contributed by atoms with Crippen molar-refractivity contribution < 1.29 is 13.9 Å². The summed E-state index contributed by atoms with van der Waals surface area (Å²) in [6, 6.07) is 5.42. The van der Waals surface area contributed by atoms with Crippen LogP contribution in [0.5, 0.6) is 0 Å². The second-order valence-electron chi connectivity index (χ2n) is 5.86. The smallest absolute Gasteiger partial charge is 0.237 e. The van der Waals surface area contributed by atoms with E-state index in [0.29, 0.717) is 6.54 Å². The number of benzene rings is 1. The average Bonchev–Trinajstić information content (AvgIpc) is 2.39. The Bertz CT molecular complexity index is 446. The van der Waals surface area contributed by atoms with Gasteiger partial charge in [-0.25, -0.2) is 4.39 Å². The molecule has 1 unspecified atom stereocenters. The van der Waals surface area contributed by atoms with Crippen LogP contribution in [0.1, 0.15) is 32.4 Å². The number of nitrogens with two attached hydrogens (primary N) is 1. The highest BCUT2D eigenvalue weighted by Gasteiger charge is 2.27. The molecule has 0 aliphatic rings. The van der Waals surface area contributed by atoms with Crippen LogP contribution in [0.25, 0.3) is 0 Å². The number of carbonyl (C=O) groups excluding carboxylic acids is 1. The van der Waals surface area contributed by atoms with Gasteiger partial charge < -0.3 is 15.8 Å². The number of ether oxygens (including phenoxy) is 1. The van der Waals surface area contributed by atoms with Gasteiger partial charge >= 0.3 is 0 Å². The van der Waals surface area contributed by atoms with E-state index in [2.05, 4.69) is 5.32 Å². The van der Waals surface area contributed by atoms with Gasteiger partial charge in [0, 0.05) is 13.7 Å². The fourth-order valence-corrected chi connectivity index (χ4v) is 1.71. The van der Waals surface area contributed by atoms with Gasteiger partial charge in [-0.3, -0.25) is 4.79 Å². The summed E-state index contributed by atoms with van der Waals surface area (Å²) in [4.78, 5) is 11.9. The van der Waals surface area contributed by atoms with Crippen LogP contribution >= 0.6 is 12.4 Å². The molecule has 0 spiro atoms. The van der Waals surface area contributed by atoms with Gasteiger partial charge in [0.15, 0.2) is 0 Å². The highest BCUT2D eigenvalue weighted by atomic mass is 35.5. The van der Waals surface area contributed by atoms with Crippen LogP contribution < -0.4 is 11.1 Å². The quantitative estimate of drug-likeness (QED) is 0.876. The molecule has 1 amide bonds. The van der Waals surface area contributed by atoms with Crippen molar-refractivity contribution in [2.75, 3.05) is 13.7 Å². The van der Waals surface area contributed by atoms with Crippen LogP contribution in [0.4, 0.5) is 4.39 Å². The van der Waals surface area contributed by atoms with Crippen LogP contribution in [-0.2, 0) is 9.53 Å². The average molecular weight is 319 g/mol. The molecule has 0 radical (unpaired) electrons. The standard InChI is InChI=1S/C15H23FN2O2.ClH/c1-15(2,3)13(17)14(19)18-9-12(20-4)10-5-7-11(16)8-6-10;/h5-8,12-13H,9,17H2,1-4H3,(H,18,19);1H/t12?,13-;/m1./s1. The lowest BCUT2D eigenvalue weighted by Gasteiger charge is -2.26. The van der Waals surface area contributed by atoms with Crippen LogP contribution in [-0.4, -0.2) is 25.6 Å². The van der Waals surface area contributed by atoms with Gasteiger partial charge in [0.1, 0.15) is 5.82 Å². The summed E-state index contributed by atoms with van der Waals surface area (Å²) < 4.78 is 18.2. The Morgan fingerprint density at radius 3 is 2.29 bits per heavy atom. The van der Waals surface area contributed by atoms with Gasteiger partial charge in [0.2, 0.25) is 5.91 Å². The Morgan fingerprint density at radius 2 is 1.86 bits per heavy atom. The Hall–Kier alpha value is -1.17. The maximum Gasteiger partial charge on any atom is 0.237 e. The number of nitrogens with one attached hydrogen (secondary N) is 1. The van der Waals surface area contributed by atoms with E-state index in [4.69, 9.17) is 10.5 Å². The van der Waals surface area contributed by atoms with Gasteiger partial charge in [-0.15, -0.1) is 12.4 Å². The molecular formula is C15H24ClFN2O2. The van der Waals surface area contributed by atoms with E-state index in [1.54, 1.807) is 19.2 Å². The molecule has 1 aromatic carbocycles. The van der Waals surface area contributed by atoms with Crippen molar-refractivity contribution in [2.45, 2.75) is 32.9 Å². The zero-order chi connectivity index (χ0) is 15.3. The van der Waals surface area contributed by atoms with Crippen molar-refractivity contribution in [1.82, 2.24) is 5.32 Å².